The zero-order chi connectivity index (χ0) is 15.0. The quantitative estimate of drug-likeness (QED) is 0.699. The van der Waals surface area contributed by atoms with Crippen LogP contribution in [0.5, 0.6) is 0 Å². The molecule has 2 N–H and O–H groups in total. The number of rotatable bonds is 8. The minimum atomic E-state index is -0.0502. The van der Waals surface area contributed by atoms with Crippen LogP contribution in [0.1, 0.15) is 40.0 Å². The number of amides is 1. The Labute approximate surface area is 122 Å². The molecule has 1 rings (SSSR count). The molecule has 0 aromatic carbocycles. The molecule has 0 radical (unpaired) electrons. The second kappa shape index (κ2) is 9.32. The van der Waals surface area contributed by atoms with Gasteiger partial charge in [-0.05, 0) is 19.3 Å². The van der Waals surface area contributed by atoms with Crippen LogP contribution in [0.3, 0.4) is 0 Å². The Hall–Kier alpha value is -0.650. The number of hydrogen-bond acceptors (Lipinski definition) is 4. The van der Waals surface area contributed by atoms with Gasteiger partial charge in [0.15, 0.2) is 0 Å². The molecule has 1 fully saturated rings. The third-order valence-corrected chi connectivity index (χ3v) is 3.73. The number of aliphatic hydroxyl groups is 1. The van der Waals surface area contributed by atoms with E-state index in [-0.39, 0.29) is 24.6 Å². The van der Waals surface area contributed by atoms with Crippen LogP contribution in [0.2, 0.25) is 0 Å². The molecule has 20 heavy (non-hydrogen) atoms. The summed E-state index contributed by atoms with van der Waals surface area (Å²) in [6.07, 6.45) is 3.38. The molecule has 5 heteroatoms. The van der Waals surface area contributed by atoms with Crippen molar-refractivity contribution >= 4 is 5.91 Å². The van der Waals surface area contributed by atoms with Gasteiger partial charge in [0.1, 0.15) is 0 Å². The molecule has 0 aromatic rings. The molecule has 2 atom stereocenters. The molecule has 0 saturated carbocycles. The lowest BCUT2D eigenvalue weighted by atomic mass is 10.0. The highest BCUT2D eigenvalue weighted by atomic mass is 16.5. The SMILES string of the molecule is CC(C)CCCC(C)NC(=O)CN1CCOCC1CO. The lowest BCUT2D eigenvalue weighted by Crippen LogP contribution is -2.52. The van der Waals surface area contributed by atoms with Gasteiger partial charge >= 0.3 is 0 Å². The molecule has 0 bridgehead atoms. The van der Waals surface area contributed by atoms with Crippen LogP contribution in [-0.2, 0) is 9.53 Å². The first kappa shape index (κ1) is 17.4. The van der Waals surface area contributed by atoms with Crippen molar-refractivity contribution in [2.75, 3.05) is 32.9 Å². The van der Waals surface area contributed by atoms with E-state index in [1.807, 2.05) is 4.90 Å². The number of ether oxygens (including phenoxy) is 1. The maximum absolute atomic E-state index is 12.0. The summed E-state index contributed by atoms with van der Waals surface area (Å²) in [4.78, 5) is 14.0. The molecule has 1 amide bonds. The largest absolute Gasteiger partial charge is 0.395 e. The summed E-state index contributed by atoms with van der Waals surface area (Å²) in [7, 11) is 0. The fourth-order valence-corrected chi connectivity index (χ4v) is 2.47. The van der Waals surface area contributed by atoms with Gasteiger partial charge in [0.25, 0.3) is 0 Å². The van der Waals surface area contributed by atoms with Crippen LogP contribution in [0.15, 0.2) is 0 Å². The molecule has 5 nitrogen and oxygen atoms in total. The molecule has 1 heterocycles. The Bertz CT molecular complexity index is 284. The lowest BCUT2D eigenvalue weighted by molar-refractivity contribution is -0.125. The predicted octanol–water partition coefficient (Wildman–Crippen LogP) is 1.01. The van der Waals surface area contributed by atoms with Crippen LogP contribution in [0, 0.1) is 5.92 Å². The van der Waals surface area contributed by atoms with Gasteiger partial charge in [0.05, 0.1) is 32.4 Å². The first-order chi connectivity index (χ1) is 9.52. The predicted molar refractivity (Wildman–Crippen MR) is 79.6 cm³/mol. The van der Waals surface area contributed by atoms with E-state index in [1.165, 1.54) is 6.42 Å². The molecular weight excluding hydrogens is 256 g/mol. The molecule has 118 valence electrons. The summed E-state index contributed by atoms with van der Waals surface area (Å²) in [5.74, 6) is 0.763. The summed E-state index contributed by atoms with van der Waals surface area (Å²) >= 11 is 0. The second-order valence-electron chi connectivity index (χ2n) is 6.18. The molecule has 1 aliphatic heterocycles. The summed E-state index contributed by atoms with van der Waals surface area (Å²) in [5, 5.41) is 12.3. The molecule has 1 saturated heterocycles. The van der Waals surface area contributed by atoms with Crippen LogP contribution in [-0.4, -0.2) is 60.9 Å². The number of hydrogen-bond donors (Lipinski definition) is 2. The van der Waals surface area contributed by atoms with Crippen molar-refractivity contribution in [3.05, 3.63) is 0 Å². The molecule has 0 spiro atoms. The van der Waals surface area contributed by atoms with Crippen molar-refractivity contribution < 1.29 is 14.6 Å². The summed E-state index contributed by atoms with van der Waals surface area (Å²) < 4.78 is 5.31. The van der Waals surface area contributed by atoms with Crippen molar-refractivity contribution in [2.45, 2.75) is 52.1 Å². The van der Waals surface area contributed by atoms with E-state index in [4.69, 9.17) is 4.74 Å². The van der Waals surface area contributed by atoms with E-state index >= 15 is 0 Å². The van der Waals surface area contributed by atoms with Crippen molar-refractivity contribution in [3.8, 4) is 0 Å². The number of carbonyl (C=O) groups is 1. The van der Waals surface area contributed by atoms with E-state index in [0.717, 1.165) is 18.8 Å². The number of nitrogens with one attached hydrogen (secondary N) is 1. The van der Waals surface area contributed by atoms with Gasteiger partial charge in [0, 0.05) is 12.6 Å². The zero-order valence-corrected chi connectivity index (χ0v) is 13.1. The Morgan fingerprint density at radius 1 is 1.40 bits per heavy atom. The third-order valence-electron chi connectivity index (χ3n) is 3.73. The average Bonchev–Trinajstić information content (AvgIpc) is 2.38. The Morgan fingerprint density at radius 3 is 2.80 bits per heavy atom. The fourth-order valence-electron chi connectivity index (χ4n) is 2.47. The van der Waals surface area contributed by atoms with Crippen LogP contribution in [0.4, 0.5) is 0 Å². The van der Waals surface area contributed by atoms with E-state index in [2.05, 4.69) is 26.1 Å². The maximum Gasteiger partial charge on any atom is 0.234 e. The summed E-state index contributed by atoms with van der Waals surface area (Å²) in [6.45, 7) is 8.73. The van der Waals surface area contributed by atoms with Gasteiger partial charge < -0.3 is 15.2 Å². The number of morpholine rings is 1. The molecule has 2 unspecified atom stereocenters. The van der Waals surface area contributed by atoms with Gasteiger partial charge in [-0.15, -0.1) is 0 Å². The van der Waals surface area contributed by atoms with E-state index in [9.17, 15) is 9.90 Å². The normalized spacial score (nSPS) is 21.9. The van der Waals surface area contributed by atoms with E-state index in [0.29, 0.717) is 26.3 Å². The number of aliphatic hydroxyl groups excluding tert-OH is 1. The Kier molecular flexibility index (Phi) is 8.11. The minimum absolute atomic E-state index is 0.0389. The highest BCUT2D eigenvalue weighted by Gasteiger charge is 2.24. The number of carbonyl (C=O) groups excluding carboxylic acids is 1. The zero-order valence-electron chi connectivity index (χ0n) is 13.1. The summed E-state index contributed by atoms with van der Waals surface area (Å²) in [5.41, 5.74) is 0. The van der Waals surface area contributed by atoms with Gasteiger partial charge in [-0.25, -0.2) is 0 Å². The minimum Gasteiger partial charge on any atom is -0.395 e. The standard InChI is InChI=1S/C15H30N2O3/c1-12(2)5-4-6-13(3)16-15(19)9-17-7-8-20-11-14(17)10-18/h12-14,18H,4-11H2,1-3H3,(H,16,19). The van der Waals surface area contributed by atoms with Gasteiger partial charge in [-0.3, -0.25) is 9.69 Å². The topological polar surface area (TPSA) is 61.8 Å². The van der Waals surface area contributed by atoms with Crippen molar-refractivity contribution in [3.63, 3.8) is 0 Å². The first-order valence-electron chi connectivity index (χ1n) is 7.75. The lowest BCUT2D eigenvalue weighted by Gasteiger charge is -2.34. The van der Waals surface area contributed by atoms with Crippen molar-refractivity contribution in [1.29, 1.82) is 0 Å². The third kappa shape index (κ3) is 6.68. The second-order valence-corrected chi connectivity index (χ2v) is 6.18. The molecule has 0 aromatic heterocycles. The van der Waals surface area contributed by atoms with Crippen molar-refractivity contribution in [2.24, 2.45) is 5.92 Å². The number of nitrogens with zero attached hydrogens (tertiary/aromatic N) is 1. The fraction of sp³-hybridized carbons (Fsp3) is 0.933. The van der Waals surface area contributed by atoms with Crippen LogP contribution < -0.4 is 5.32 Å². The average molecular weight is 286 g/mol. The van der Waals surface area contributed by atoms with Gasteiger partial charge in [-0.1, -0.05) is 26.7 Å². The van der Waals surface area contributed by atoms with Crippen LogP contribution >= 0.6 is 0 Å². The first-order valence-corrected chi connectivity index (χ1v) is 7.75. The summed E-state index contributed by atoms with van der Waals surface area (Å²) in [6, 6.07) is 0.167. The Balaban J connectivity index is 2.24. The monoisotopic (exact) mass is 286 g/mol. The van der Waals surface area contributed by atoms with Gasteiger partial charge in [-0.2, -0.15) is 0 Å². The Morgan fingerprint density at radius 2 is 2.15 bits per heavy atom. The highest BCUT2D eigenvalue weighted by molar-refractivity contribution is 5.78. The van der Waals surface area contributed by atoms with E-state index in [1.54, 1.807) is 0 Å². The smallest absolute Gasteiger partial charge is 0.234 e. The van der Waals surface area contributed by atoms with Crippen molar-refractivity contribution in [1.82, 2.24) is 10.2 Å². The molecular formula is C15H30N2O3. The van der Waals surface area contributed by atoms with Crippen LogP contribution in [0.25, 0.3) is 0 Å². The molecule has 1 aliphatic rings. The maximum atomic E-state index is 12.0. The highest BCUT2D eigenvalue weighted by Crippen LogP contribution is 2.09. The van der Waals surface area contributed by atoms with E-state index < -0.39 is 0 Å². The molecule has 0 aliphatic carbocycles. The van der Waals surface area contributed by atoms with Gasteiger partial charge in [0.2, 0.25) is 5.91 Å².